The molecule has 2 heterocycles. The molecule has 4 aliphatic carbocycles. The summed E-state index contributed by atoms with van der Waals surface area (Å²) in [6, 6.07) is 0. The van der Waals surface area contributed by atoms with E-state index in [9.17, 15) is 15.0 Å². The summed E-state index contributed by atoms with van der Waals surface area (Å²) in [5.74, 6) is 1.50. The minimum atomic E-state index is -0.661. The van der Waals surface area contributed by atoms with Crippen LogP contribution in [0.2, 0.25) is 0 Å². The van der Waals surface area contributed by atoms with Crippen LogP contribution in [0.3, 0.4) is 0 Å². The first kappa shape index (κ1) is 24.1. The molecule has 0 aromatic heterocycles. The molecule has 0 spiro atoms. The zero-order valence-electron chi connectivity index (χ0n) is 21.4. The standard InChI is InChI=1S/C29H42O6/c1-17-24(30)6-7-26(34-17)35-20-8-11-27(2)19(15-20)4-5-23-22(27)9-12-28(3)21(10-13-29(23,28)32)18-14-25(31)33-16-18/h6-7,14,17,19-24,26,30,32H,4-5,8-13,15-16H2,1-3H3/t17-,19+,20-,21+,22-,23+,24+,26-,27-,28+,29-/m0/s1. The van der Waals surface area contributed by atoms with E-state index in [0.717, 1.165) is 63.4 Å². The second-order valence-electron chi connectivity index (χ2n) is 12.9. The summed E-state index contributed by atoms with van der Waals surface area (Å²) in [4.78, 5) is 11.8. The van der Waals surface area contributed by atoms with Gasteiger partial charge in [0.1, 0.15) is 6.61 Å². The van der Waals surface area contributed by atoms with Crippen molar-refractivity contribution >= 4 is 5.97 Å². The Morgan fingerprint density at radius 3 is 2.60 bits per heavy atom. The summed E-state index contributed by atoms with van der Waals surface area (Å²) >= 11 is 0. The average Bonchev–Trinajstić information content (AvgIpc) is 3.36. The van der Waals surface area contributed by atoms with Gasteiger partial charge >= 0.3 is 5.97 Å². The summed E-state index contributed by atoms with van der Waals surface area (Å²) in [6.07, 6.45) is 13.7. The zero-order chi connectivity index (χ0) is 24.6. The number of carbonyl (C=O) groups is 1. The monoisotopic (exact) mass is 486 g/mol. The molecule has 6 nitrogen and oxygen atoms in total. The summed E-state index contributed by atoms with van der Waals surface area (Å²) in [6.45, 7) is 7.07. The summed E-state index contributed by atoms with van der Waals surface area (Å²) in [5, 5.41) is 22.2. The fourth-order valence-electron chi connectivity index (χ4n) is 9.46. The van der Waals surface area contributed by atoms with E-state index in [1.807, 2.05) is 13.0 Å². The van der Waals surface area contributed by atoms with Gasteiger partial charge in [-0.2, -0.15) is 0 Å². The van der Waals surface area contributed by atoms with Crippen LogP contribution in [0.25, 0.3) is 0 Å². The van der Waals surface area contributed by atoms with Crippen molar-refractivity contribution in [3.63, 3.8) is 0 Å². The molecular weight excluding hydrogens is 444 g/mol. The van der Waals surface area contributed by atoms with Crippen LogP contribution in [-0.2, 0) is 19.0 Å². The Bertz CT molecular complexity index is 928. The van der Waals surface area contributed by atoms with Crippen LogP contribution < -0.4 is 0 Å². The van der Waals surface area contributed by atoms with Gasteiger partial charge in [-0.3, -0.25) is 0 Å². The van der Waals surface area contributed by atoms with Crippen molar-refractivity contribution in [2.75, 3.05) is 6.61 Å². The third-order valence-electron chi connectivity index (χ3n) is 11.6. The Balaban J connectivity index is 1.17. The van der Waals surface area contributed by atoms with Gasteiger partial charge < -0.3 is 24.4 Å². The number of cyclic esters (lactones) is 1. The fourth-order valence-corrected chi connectivity index (χ4v) is 9.46. The van der Waals surface area contributed by atoms with Crippen LogP contribution in [-0.4, -0.2) is 53.0 Å². The van der Waals surface area contributed by atoms with Crippen LogP contribution in [0.4, 0.5) is 0 Å². The average molecular weight is 487 g/mol. The number of carbonyl (C=O) groups excluding carboxylic acids is 1. The first-order chi connectivity index (χ1) is 16.6. The lowest BCUT2D eigenvalue weighted by Crippen LogP contribution is -2.62. The maximum Gasteiger partial charge on any atom is 0.331 e. The summed E-state index contributed by atoms with van der Waals surface area (Å²) in [7, 11) is 0. The molecule has 0 aromatic carbocycles. The molecular formula is C29H42O6. The quantitative estimate of drug-likeness (QED) is 0.457. The Hall–Kier alpha value is -1.21. The molecule has 4 fully saturated rings. The number of hydrogen-bond acceptors (Lipinski definition) is 6. The molecule has 0 aromatic rings. The normalized spacial score (nSPS) is 53.4. The molecule has 0 saturated heterocycles. The van der Waals surface area contributed by atoms with Gasteiger partial charge in [0, 0.05) is 11.5 Å². The van der Waals surface area contributed by atoms with Gasteiger partial charge in [0.25, 0.3) is 0 Å². The number of rotatable bonds is 3. The number of ether oxygens (including phenoxy) is 3. The lowest BCUT2D eigenvalue weighted by Gasteiger charge is -2.63. The van der Waals surface area contributed by atoms with Crippen LogP contribution >= 0.6 is 0 Å². The molecule has 35 heavy (non-hydrogen) atoms. The Kier molecular flexibility index (Phi) is 5.80. The van der Waals surface area contributed by atoms with E-state index in [2.05, 4.69) is 13.8 Å². The largest absolute Gasteiger partial charge is 0.458 e. The van der Waals surface area contributed by atoms with Gasteiger partial charge in [-0.05, 0) is 105 Å². The molecule has 194 valence electrons. The van der Waals surface area contributed by atoms with E-state index in [4.69, 9.17) is 14.2 Å². The topological polar surface area (TPSA) is 85.2 Å². The highest BCUT2D eigenvalue weighted by Crippen LogP contribution is 2.70. The maximum atomic E-state index is 12.4. The van der Waals surface area contributed by atoms with Crippen molar-refractivity contribution in [1.29, 1.82) is 0 Å². The van der Waals surface area contributed by atoms with Gasteiger partial charge in [-0.1, -0.05) is 19.9 Å². The van der Waals surface area contributed by atoms with Gasteiger partial charge in [-0.25, -0.2) is 4.79 Å². The summed E-state index contributed by atoms with van der Waals surface area (Å²) in [5.41, 5.74) is 0.497. The molecule has 6 heteroatoms. The first-order valence-electron chi connectivity index (χ1n) is 13.9. The van der Waals surface area contributed by atoms with Gasteiger partial charge in [-0.15, -0.1) is 0 Å². The van der Waals surface area contributed by atoms with Crippen LogP contribution in [0.1, 0.15) is 78.6 Å². The third kappa shape index (κ3) is 3.61. The van der Waals surface area contributed by atoms with E-state index in [1.54, 1.807) is 12.2 Å². The van der Waals surface area contributed by atoms with E-state index < -0.39 is 11.7 Å². The van der Waals surface area contributed by atoms with E-state index in [-0.39, 0.29) is 41.2 Å². The van der Waals surface area contributed by atoms with E-state index in [1.165, 1.54) is 0 Å². The van der Waals surface area contributed by atoms with Crippen LogP contribution in [0.5, 0.6) is 0 Å². The molecule has 2 N–H and O–H groups in total. The summed E-state index contributed by atoms with van der Waals surface area (Å²) < 4.78 is 17.5. The van der Waals surface area contributed by atoms with Crippen molar-refractivity contribution in [2.45, 2.75) is 109 Å². The number of aliphatic hydroxyl groups is 2. The highest BCUT2D eigenvalue weighted by Gasteiger charge is 2.67. The number of aliphatic hydroxyl groups excluding tert-OH is 1. The van der Waals surface area contributed by atoms with Crippen molar-refractivity contribution in [3.05, 3.63) is 23.8 Å². The molecule has 2 aliphatic heterocycles. The zero-order valence-corrected chi connectivity index (χ0v) is 21.4. The second kappa shape index (κ2) is 8.41. The number of fused-ring (bicyclic) bond motifs is 5. The smallest absolute Gasteiger partial charge is 0.331 e. The molecule has 11 atom stereocenters. The molecule has 0 unspecified atom stereocenters. The Labute approximate surface area is 209 Å². The van der Waals surface area contributed by atoms with Crippen molar-refractivity contribution in [1.82, 2.24) is 0 Å². The molecule has 0 amide bonds. The maximum absolute atomic E-state index is 12.4. The molecule has 0 radical (unpaired) electrons. The van der Waals surface area contributed by atoms with Crippen LogP contribution in [0.15, 0.2) is 23.8 Å². The lowest BCUT2D eigenvalue weighted by molar-refractivity contribution is -0.226. The van der Waals surface area contributed by atoms with E-state index >= 15 is 0 Å². The van der Waals surface area contributed by atoms with E-state index in [0.29, 0.717) is 24.4 Å². The van der Waals surface area contributed by atoms with Crippen molar-refractivity contribution in [3.8, 4) is 0 Å². The first-order valence-corrected chi connectivity index (χ1v) is 13.9. The van der Waals surface area contributed by atoms with Crippen LogP contribution in [0, 0.1) is 34.5 Å². The Morgan fingerprint density at radius 2 is 1.86 bits per heavy atom. The molecule has 4 saturated carbocycles. The highest BCUT2D eigenvalue weighted by molar-refractivity contribution is 5.85. The predicted octanol–water partition coefficient (Wildman–Crippen LogP) is 4.29. The van der Waals surface area contributed by atoms with Crippen molar-refractivity contribution < 1.29 is 29.2 Å². The highest BCUT2D eigenvalue weighted by atomic mass is 16.7. The number of hydrogen-bond donors (Lipinski definition) is 2. The van der Waals surface area contributed by atoms with Gasteiger partial charge in [0.2, 0.25) is 0 Å². The Morgan fingerprint density at radius 1 is 1.03 bits per heavy atom. The molecule has 6 aliphatic rings. The molecule has 6 rings (SSSR count). The third-order valence-corrected chi connectivity index (χ3v) is 11.6. The lowest BCUT2D eigenvalue weighted by atomic mass is 9.43. The predicted molar refractivity (Wildman–Crippen MR) is 130 cm³/mol. The minimum absolute atomic E-state index is 0.177. The molecule has 0 bridgehead atoms. The second-order valence-corrected chi connectivity index (χ2v) is 12.9. The fraction of sp³-hybridized carbons (Fsp3) is 0.828. The minimum Gasteiger partial charge on any atom is -0.458 e. The van der Waals surface area contributed by atoms with Gasteiger partial charge in [0.15, 0.2) is 6.29 Å². The SMILES string of the molecule is C[C@@H]1O[C@@H](O[C@H]2CC[C@@]3(C)[C@H](CC[C@@H]4[C@@H]3CC[C@]3(C)[C@@H](C5=CC(=O)OC5)CC[C@]43O)C2)C=C[C@H]1O. The van der Waals surface area contributed by atoms with Crippen molar-refractivity contribution in [2.24, 2.45) is 34.5 Å². The number of esters is 1. The van der Waals surface area contributed by atoms with Gasteiger partial charge in [0.05, 0.1) is 23.9 Å².